The molecule has 4 aromatic heterocycles. The first-order chi connectivity index (χ1) is 14.0. The van der Waals surface area contributed by atoms with E-state index < -0.39 is 10.8 Å². The lowest BCUT2D eigenvalue weighted by Crippen LogP contribution is -2.04. The van der Waals surface area contributed by atoms with E-state index in [-0.39, 0.29) is 0 Å². The first-order valence-corrected chi connectivity index (χ1v) is 11.1. The van der Waals surface area contributed by atoms with Crippen molar-refractivity contribution in [2.24, 2.45) is 7.05 Å². The monoisotopic (exact) mass is 427 g/mol. The van der Waals surface area contributed by atoms with Gasteiger partial charge in [0.15, 0.2) is 0 Å². The Morgan fingerprint density at radius 1 is 1.34 bits per heavy atom. The minimum atomic E-state index is -1.25. The zero-order valence-corrected chi connectivity index (χ0v) is 18.0. The molecule has 0 aliphatic heterocycles. The van der Waals surface area contributed by atoms with E-state index in [4.69, 9.17) is 15.5 Å². The number of aromatic nitrogens is 4. The zero-order chi connectivity index (χ0) is 20.5. The Morgan fingerprint density at radius 2 is 2.17 bits per heavy atom. The third kappa shape index (κ3) is 3.57. The van der Waals surface area contributed by atoms with Crippen LogP contribution in [0.5, 0.6) is 0 Å². The van der Waals surface area contributed by atoms with Crippen LogP contribution in [0.15, 0.2) is 41.0 Å². The Labute approximate surface area is 175 Å². The fourth-order valence-electron chi connectivity index (χ4n) is 3.14. The molecule has 0 aromatic carbocycles. The maximum atomic E-state index is 12.8. The number of rotatable bonds is 6. The molecule has 0 radical (unpaired) electrons. The van der Waals surface area contributed by atoms with E-state index in [1.807, 2.05) is 42.9 Å². The van der Waals surface area contributed by atoms with E-state index in [0.717, 1.165) is 38.6 Å². The van der Waals surface area contributed by atoms with E-state index in [1.54, 1.807) is 19.5 Å². The van der Waals surface area contributed by atoms with Gasteiger partial charge in [0.05, 0.1) is 46.4 Å². The lowest BCUT2D eigenvalue weighted by molar-refractivity contribution is 0.218. The number of hydrogen-bond acceptors (Lipinski definition) is 7. The topological polar surface area (TPSA) is 95.9 Å². The molecular weight excluding hydrogens is 406 g/mol. The largest absolute Gasteiger partial charge is 0.396 e. The van der Waals surface area contributed by atoms with Gasteiger partial charge in [0.1, 0.15) is 14.9 Å². The average Bonchev–Trinajstić information content (AvgIpc) is 3.25. The molecule has 0 spiro atoms. The van der Waals surface area contributed by atoms with Gasteiger partial charge < -0.3 is 15.0 Å². The molecule has 0 saturated heterocycles. The molecule has 150 valence electrons. The highest BCUT2D eigenvalue weighted by atomic mass is 32.2. The summed E-state index contributed by atoms with van der Waals surface area (Å²) in [6, 6.07) is 5.85. The Bertz CT molecular complexity index is 1200. The highest BCUT2D eigenvalue weighted by Gasteiger charge is 2.22. The molecule has 1 unspecified atom stereocenters. The molecule has 2 N–H and O–H groups in total. The van der Waals surface area contributed by atoms with Gasteiger partial charge in [0, 0.05) is 43.1 Å². The number of methoxy groups -OCH3 is 1. The molecular formula is C20H21N5O2S2. The summed E-state index contributed by atoms with van der Waals surface area (Å²) >= 11 is 1.37. The molecule has 9 heteroatoms. The van der Waals surface area contributed by atoms with Crippen LogP contribution in [0.4, 0.5) is 5.69 Å². The zero-order valence-electron chi connectivity index (χ0n) is 16.4. The number of pyridine rings is 2. The summed E-state index contributed by atoms with van der Waals surface area (Å²) in [6.07, 6.45) is 5.34. The molecule has 0 amide bonds. The van der Waals surface area contributed by atoms with E-state index in [0.29, 0.717) is 22.3 Å². The number of imidazole rings is 1. The summed E-state index contributed by atoms with van der Waals surface area (Å²) < 4.78 is 20.5. The second-order valence-corrected chi connectivity index (χ2v) is 9.34. The molecule has 0 bridgehead atoms. The predicted molar refractivity (Wildman–Crippen MR) is 117 cm³/mol. The second-order valence-electron chi connectivity index (χ2n) is 6.57. The number of nitrogens with zero attached hydrogens (tertiary/aromatic N) is 4. The van der Waals surface area contributed by atoms with Crippen LogP contribution in [-0.4, -0.2) is 43.2 Å². The Morgan fingerprint density at radius 3 is 2.83 bits per heavy atom. The van der Waals surface area contributed by atoms with Gasteiger partial charge in [-0.25, -0.2) is 9.97 Å². The normalized spacial score (nSPS) is 12.5. The van der Waals surface area contributed by atoms with E-state index in [9.17, 15) is 4.21 Å². The average molecular weight is 428 g/mol. The molecule has 0 saturated carbocycles. The molecule has 29 heavy (non-hydrogen) atoms. The van der Waals surface area contributed by atoms with Gasteiger partial charge in [-0.15, -0.1) is 11.3 Å². The lowest BCUT2D eigenvalue weighted by Gasteiger charge is -2.09. The molecule has 7 nitrogen and oxygen atoms in total. The lowest BCUT2D eigenvalue weighted by atomic mass is 10.1. The highest BCUT2D eigenvalue weighted by Crippen LogP contribution is 2.42. The van der Waals surface area contributed by atoms with E-state index in [1.165, 1.54) is 11.3 Å². The van der Waals surface area contributed by atoms with E-state index >= 15 is 0 Å². The maximum Gasteiger partial charge on any atom is 0.127 e. The van der Waals surface area contributed by atoms with Crippen LogP contribution in [0.2, 0.25) is 0 Å². The van der Waals surface area contributed by atoms with Gasteiger partial charge in [-0.2, -0.15) is 0 Å². The summed E-state index contributed by atoms with van der Waals surface area (Å²) in [5.74, 6) is 1.29. The summed E-state index contributed by atoms with van der Waals surface area (Å²) in [5.41, 5.74) is 10.5. The van der Waals surface area contributed by atoms with Crippen LogP contribution in [0.3, 0.4) is 0 Å². The van der Waals surface area contributed by atoms with Crippen molar-refractivity contribution in [1.29, 1.82) is 0 Å². The van der Waals surface area contributed by atoms with Crippen molar-refractivity contribution in [3.8, 4) is 22.5 Å². The predicted octanol–water partition coefficient (Wildman–Crippen LogP) is 3.40. The van der Waals surface area contributed by atoms with Gasteiger partial charge in [-0.1, -0.05) is 0 Å². The molecule has 0 fully saturated rings. The van der Waals surface area contributed by atoms with Crippen molar-refractivity contribution in [2.45, 2.75) is 11.1 Å². The standard InChI is InChI=1S/C20H21N5O2S2/c1-12-23-11-16(25(12)2)14-9-15(13-5-4-6-22-10-13)24-19-17(14)18(21)20(28-19)29(26)8-7-27-3/h4-6,9-11H,7-8,21H2,1-3H3. The number of hydrogen-bond donors (Lipinski definition) is 1. The quantitative estimate of drug-likeness (QED) is 0.507. The van der Waals surface area contributed by atoms with Crippen LogP contribution in [0.25, 0.3) is 32.7 Å². The number of nitrogen functional groups attached to an aromatic ring is 1. The fourth-order valence-corrected chi connectivity index (χ4v) is 5.70. The number of nitrogens with two attached hydrogens (primary N) is 1. The van der Waals surface area contributed by atoms with Crippen molar-refractivity contribution in [1.82, 2.24) is 19.5 Å². The van der Waals surface area contributed by atoms with Gasteiger partial charge in [-0.05, 0) is 25.1 Å². The first-order valence-electron chi connectivity index (χ1n) is 9.00. The second kappa shape index (κ2) is 8.02. The third-order valence-electron chi connectivity index (χ3n) is 4.80. The van der Waals surface area contributed by atoms with Crippen LogP contribution < -0.4 is 5.73 Å². The van der Waals surface area contributed by atoms with Gasteiger partial charge >= 0.3 is 0 Å². The van der Waals surface area contributed by atoms with Crippen LogP contribution in [0.1, 0.15) is 5.82 Å². The van der Waals surface area contributed by atoms with Crippen LogP contribution in [-0.2, 0) is 22.6 Å². The van der Waals surface area contributed by atoms with Crippen molar-refractivity contribution >= 4 is 38.0 Å². The van der Waals surface area contributed by atoms with E-state index in [2.05, 4.69) is 9.97 Å². The minimum Gasteiger partial charge on any atom is -0.396 e. The molecule has 1 atom stereocenters. The Balaban J connectivity index is 1.98. The number of fused-ring (bicyclic) bond motifs is 1. The Kier molecular flexibility index (Phi) is 5.44. The number of anilines is 1. The number of thiophene rings is 1. The molecule has 4 aromatic rings. The summed E-state index contributed by atoms with van der Waals surface area (Å²) in [5, 5.41) is 0.811. The smallest absolute Gasteiger partial charge is 0.127 e. The summed E-state index contributed by atoms with van der Waals surface area (Å²) in [4.78, 5) is 14.2. The van der Waals surface area contributed by atoms with Crippen LogP contribution >= 0.6 is 11.3 Å². The minimum absolute atomic E-state index is 0.392. The molecule has 0 aliphatic rings. The van der Waals surface area contributed by atoms with Gasteiger partial charge in [-0.3, -0.25) is 9.19 Å². The SMILES string of the molecule is COCCS(=O)c1sc2nc(-c3cccnc3)cc(-c3cnc(C)n3C)c2c1N. The molecule has 0 aliphatic carbocycles. The Hall–Kier alpha value is -2.62. The maximum absolute atomic E-state index is 12.8. The number of ether oxygens (including phenoxy) is 1. The van der Waals surface area contributed by atoms with Crippen molar-refractivity contribution < 1.29 is 8.95 Å². The summed E-state index contributed by atoms with van der Waals surface area (Å²) in [6.45, 7) is 2.36. The number of aryl methyl sites for hydroxylation is 1. The van der Waals surface area contributed by atoms with Gasteiger partial charge in [0.25, 0.3) is 0 Å². The highest BCUT2D eigenvalue weighted by molar-refractivity contribution is 7.87. The van der Waals surface area contributed by atoms with Crippen molar-refractivity contribution in [3.63, 3.8) is 0 Å². The molecule has 4 rings (SSSR count). The molecule has 4 heterocycles. The van der Waals surface area contributed by atoms with Gasteiger partial charge in [0.2, 0.25) is 0 Å². The third-order valence-corrected chi connectivity index (χ3v) is 7.67. The fraction of sp³-hybridized carbons (Fsp3) is 0.250. The summed E-state index contributed by atoms with van der Waals surface area (Å²) in [7, 11) is 2.31. The van der Waals surface area contributed by atoms with Crippen molar-refractivity contribution in [2.75, 3.05) is 25.2 Å². The van der Waals surface area contributed by atoms with Crippen molar-refractivity contribution in [3.05, 3.63) is 42.6 Å². The van der Waals surface area contributed by atoms with Crippen LogP contribution in [0, 0.1) is 6.92 Å². The first kappa shape index (κ1) is 19.7.